The van der Waals surface area contributed by atoms with Gasteiger partial charge in [-0.1, -0.05) is 44.2 Å². The zero-order chi connectivity index (χ0) is 14.8. The van der Waals surface area contributed by atoms with Gasteiger partial charge in [0.15, 0.2) is 0 Å². The number of nitrogens with one attached hydrogen (secondary N) is 1. The first-order valence-corrected chi connectivity index (χ1v) is 9.37. The Morgan fingerprint density at radius 1 is 1.10 bits per heavy atom. The Labute approximate surface area is 123 Å². The van der Waals surface area contributed by atoms with Crippen molar-refractivity contribution in [2.75, 3.05) is 24.6 Å². The predicted molar refractivity (Wildman–Crippen MR) is 85.9 cm³/mol. The molecule has 0 aromatic heterocycles. The van der Waals surface area contributed by atoms with Gasteiger partial charge in [-0.15, -0.1) is 0 Å². The van der Waals surface area contributed by atoms with Crippen LogP contribution in [-0.4, -0.2) is 33.0 Å². The molecule has 1 atom stereocenters. The first kappa shape index (κ1) is 17.2. The fourth-order valence-electron chi connectivity index (χ4n) is 2.39. The number of sulfone groups is 1. The topological polar surface area (TPSA) is 46.2 Å². The van der Waals surface area contributed by atoms with E-state index in [0.717, 1.165) is 25.9 Å². The highest BCUT2D eigenvalue weighted by molar-refractivity contribution is 7.91. The van der Waals surface area contributed by atoms with E-state index >= 15 is 0 Å². The van der Waals surface area contributed by atoms with E-state index in [2.05, 4.69) is 24.4 Å². The Kier molecular flexibility index (Phi) is 7.85. The number of benzene rings is 1. The average Bonchev–Trinajstić information content (AvgIpc) is 2.43. The van der Waals surface area contributed by atoms with Crippen LogP contribution in [0.1, 0.15) is 44.6 Å². The number of rotatable bonds is 10. The molecule has 0 radical (unpaired) electrons. The first-order valence-electron chi connectivity index (χ1n) is 7.55. The zero-order valence-corrected chi connectivity index (χ0v) is 13.5. The Bertz CT molecular complexity index is 457. The summed E-state index contributed by atoms with van der Waals surface area (Å²) in [4.78, 5) is 0. The highest BCUT2D eigenvalue weighted by Crippen LogP contribution is 2.21. The molecule has 1 N–H and O–H groups in total. The van der Waals surface area contributed by atoms with Crippen LogP contribution in [0.3, 0.4) is 0 Å². The van der Waals surface area contributed by atoms with E-state index in [0.29, 0.717) is 23.8 Å². The maximum absolute atomic E-state index is 11.7. The second kappa shape index (κ2) is 9.14. The van der Waals surface area contributed by atoms with Crippen LogP contribution in [0.15, 0.2) is 30.3 Å². The van der Waals surface area contributed by atoms with Gasteiger partial charge in [-0.2, -0.15) is 0 Å². The van der Waals surface area contributed by atoms with Gasteiger partial charge in [0.25, 0.3) is 0 Å². The summed E-state index contributed by atoms with van der Waals surface area (Å²) in [6, 6.07) is 10.4. The second-order valence-corrected chi connectivity index (χ2v) is 7.51. The molecule has 114 valence electrons. The van der Waals surface area contributed by atoms with E-state index in [-0.39, 0.29) is 0 Å². The first-order chi connectivity index (χ1) is 9.59. The quantitative estimate of drug-likeness (QED) is 0.722. The van der Waals surface area contributed by atoms with Crippen molar-refractivity contribution in [1.82, 2.24) is 5.32 Å². The van der Waals surface area contributed by atoms with Gasteiger partial charge in [0.2, 0.25) is 0 Å². The lowest BCUT2D eigenvalue weighted by Gasteiger charge is -2.17. The molecule has 1 aromatic carbocycles. The Balaban J connectivity index is 2.54. The number of hydrogen-bond donors (Lipinski definition) is 1. The molecule has 1 rings (SSSR count). The number of likely N-dealkylation sites (N-methyl/N-ethyl adjacent to an activating group) is 1. The second-order valence-electron chi connectivity index (χ2n) is 5.21. The minimum Gasteiger partial charge on any atom is -0.316 e. The SMILES string of the molecule is CCCS(=O)(=O)CCCC(CNCC)c1ccccc1. The smallest absolute Gasteiger partial charge is 0.150 e. The molecular formula is C16H27NO2S. The highest BCUT2D eigenvalue weighted by Gasteiger charge is 2.14. The maximum Gasteiger partial charge on any atom is 0.150 e. The normalized spacial score (nSPS) is 13.3. The van der Waals surface area contributed by atoms with Crippen LogP contribution in [0.4, 0.5) is 0 Å². The van der Waals surface area contributed by atoms with Crippen LogP contribution in [0, 0.1) is 0 Å². The average molecular weight is 297 g/mol. The molecule has 0 aliphatic carbocycles. The zero-order valence-electron chi connectivity index (χ0n) is 12.6. The molecule has 0 spiro atoms. The third-order valence-corrected chi connectivity index (χ3v) is 5.38. The van der Waals surface area contributed by atoms with E-state index in [9.17, 15) is 8.42 Å². The van der Waals surface area contributed by atoms with Crippen molar-refractivity contribution < 1.29 is 8.42 Å². The lowest BCUT2D eigenvalue weighted by atomic mass is 9.94. The summed E-state index contributed by atoms with van der Waals surface area (Å²) >= 11 is 0. The van der Waals surface area contributed by atoms with Crippen molar-refractivity contribution in [3.8, 4) is 0 Å². The van der Waals surface area contributed by atoms with Crippen LogP contribution < -0.4 is 5.32 Å². The highest BCUT2D eigenvalue weighted by atomic mass is 32.2. The van der Waals surface area contributed by atoms with E-state index in [1.54, 1.807) is 0 Å². The molecule has 0 heterocycles. The lowest BCUT2D eigenvalue weighted by molar-refractivity contribution is 0.547. The van der Waals surface area contributed by atoms with Crippen LogP contribution in [0.5, 0.6) is 0 Å². The minimum absolute atomic E-state index is 0.316. The van der Waals surface area contributed by atoms with Gasteiger partial charge in [0, 0.05) is 12.3 Å². The van der Waals surface area contributed by atoms with E-state index < -0.39 is 9.84 Å². The van der Waals surface area contributed by atoms with Gasteiger partial charge in [-0.05, 0) is 37.3 Å². The van der Waals surface area contributed by atoms with Crippen molar-refractivity contribution in [1.29, 1.82) is 0 Å². The third-order valence-electron chi connectivity index (χ3n) is 3.43. The molecule has 1 aromatic rings. The van der Waals surface area contributed by atoms with Gasteiger partial charge in [-0.3, -0.25) is 0 Å². The molecule has 0 amide bonds. The van der Waals surface area contributed by atoms with Crippen molar-refractivity contribution >= 4 is 9.84 Å². The number of hydrogen-bond acceptors (Lipinski definition) is 3. The summed E-state index contributed by atoms with van der Waals surface area (Å²) in [7, 11) is -2.85. The Hall–Kier alpha value is -0.870. The largest absolute Gasteiger partial charge is 0.316 e. The van der Waals surface area contributed by atoms with E-state index in [4.69, 9.17) is 0 Å². The van der Waals surface area contributed by atoms with Gasteiger partial charge in [0.1, 0.15) is 9.84 Å². The van der Waals surface area contributed by atoms with Gasteiger partial charge in [0.05, 0.1) is 5.75 Å². The van der Waals surface area contributed by atoms with Crippen molar-refractivity contribution in [3.05, 3.63) is 35.9 Å². The van der Waals surface area contributed by atoms with Crippen molar-refractivity contribution in [2.24, 2.45) is 0 Å². The maximum atomic E-state index is 11.7. The molecule has 0 saturated heterocycles. The summed E-state index contributed by atoms with van der Waals surface area (Å²) in [5, 5.41) is 3.37. The fourth-order valence-corrected chi connectivity index (χ4v) is 3.83. The monoisotopic (exact) mass is 297 g/mol. The molecule has 1 unspecified atom stereocenters. The molecule has 0 fully saturated rings. The van der Waals surface area contributed by atoms with Gasteiger partial charge >= 0.3 is 0 Å². The van der Waals surface area contributed by atoms with Crippen LogP contribution in [-0.2, 0) is 9.84 Å². The van der Waals surface area contributed by atoms with Gasteiger partial charge in [-0.25, -0.2) is 8.42 Å². The third kappa shape index (κ3) is 6.53. The molecule has 4 heteroatoms. The fraction of sp³-hybridized carbons (Fsp3) is 0.625. The van der Waals surface area contributed by atoms with Crippen LogP contribution in [0.2, 0.25) is 0 Å². The van der Waals surface area contributed by atoms with Crippen molar-refractivity contribution in [2.45, 2.75) is 39.0 Å². The van der Waals surface area contributed by atoms with Crippen molar-refractivity contribution in [3.63, 3.8) is 0 Å². The standard InChI is InChI=1S/C16H27NO2S/c1-3-12-20(18,19)13-8-11-16(14-17-4-2)15-9-6-5-7-10-15/h5-7,9-10,16-17H,3-4,8,11-14H2,1-2H3. The lowest BCUT2D eigenvalue weighted by Crippen LogP contribution is -2.22. The van der Waals surface area contributed by atoms with E-state index in [1.807, 2.05) is 25.1 Å². The predicted octanol–water partition coefficient (Wildman–Crippen LogP) is 2.98. The molecule has 3 nitrogen and oxygen atoms in total. The summed E-state index contributed by atoms with van der Waals surface area (Å²) in [6.45, 7) is 5.86. The molecule has 0 saturated carbocycles. The molecule has 0 aliphatic heterocycles. The Morgan fingerprint density at radius 3 is 2.40 bits per heavy atom. The van der Waals surface area contributed by atoms with Gasteiger partial charge < -0.3 is 5.32 Å². The molecule has 0 aliphatic rings. The molecule has 20 heavy (non-hydrogen) atoms. The minimum atomic E-state index is -2.85. The summed E-state index contributed by atoms with van der Waals surface area (Å²) in [5.41, 5.74) is 1.29. The summed E-state index contributed by atoms with van der Waals surface area (Å²) in [5.74, 6) is 1.03. The molecule has 0 bridgehead atoms. The molecular weight excluding hydrogens is 270 g/mol. The van der Waals surface area contributed by atoms with E-state index in [1.165, 1.54) is 5.56 Å². The van der Waals surface area contributed by atoms with Crippen LogP contribution in [0.25, 0.3) is 0 Å². The summed E-state index contributed by atoms with van der Waals surface area (Å²) in [6.07, 6.45) is 2.37. The van der Waals surface area contributed by atoms with Crippen LogP contribution >= 0.6 is 0 Å². The Morgan fingerprint density at radius 2 is 1.80 bits per heavy atom. The summed E-state index contributed by atoms with van der Waals surface area (Å²) < 4.78 is 23.5.